The summed E-state index contributed by atoms with van der Waals surface area (Å²) >= 11 is 8.08. The predicted octanol–water partition coefficient (Wildman–Crippen LogP) is -3.31. The van der Waals surface area contributed by atoms with Gasteiger partial charge in [0, 0.05) is 17.0 Å². The van der Waals surface area contributed by atoms with Crippen molar-refractivity contribution in [3.63, 3.8) is 0 Å². The third kappa shape index (κ3) is 12.1. The first-order valence-electron chi connectivity index (χ1n) is 12.5. The van der Waals surface area contributed by atoms with E-state index >= 15 is 0 Å². The van der Waals surface area contributed by atoms with E-state index in [-0.39, 0.29) is 31.1 Å². The first-order valence-corrected chi connectivity index (χ1v) is 13.5. The second kappa shape index (κ2) is 16.2. The number of amides is 4. The van der Waals surface area contributed by atoms with E-state index in [2.05, 4.69) is 51.8 Å². The summed E-state index contributed by atoms with van der Waals surface area (Å²) < 4.78 is -1.25. The summed E-state index contributed by atoms with van der Waals surface area (Å²) in [6, 6.07) is -3.25. The SMILES string of the molecule is CC(=O)[C@](N)(CS)C(=O)N[C@@](C)(CCCNC(=N)N)C(=O)NCC(=O)N[C@@H](CC(=O)O)C(=O)N[C@H](C(=O)O)C(C)(C)S. The zero-order chi connectivity index (χ0) is 33.1. The Morgan fingerprint density at radius 1 is 0.976 bits per heavy atom. The number of thiol groups is 2. The van der Waals surface area contributed by atoms with Gasteiger partial charge in [-0.25, -0.2) is 4.79 Å². The summed E-state index contributed by atoms with van der Waals surface area (Å²) in [5, 5.41) is 37.3. The number of ketones is 1. The Morgan fingerprint density at radius 2 is 1.55 bits per heavy atom. The highest BCUT2D eigenvalue weighted by molar-refractivity contribution is 7.81. The molecule has 4 atom stereocenters. The average Bonchev–Trinajstić information content (AvgIpc) is 2.85. The number of rotatable bonds is 18. The van der Waals surface area contributed by atoms with Gasteiger partial charge < -0.3 is 48.3 Å². The second-order valence-corrected chi connectivity index (χ2v) is 11.7. The average molecular weight is 637 g/mol. The summed E-state index contributed by atoms with van der Waals surface area (Å²) in [5.41, 5.74) is 7.33. The Morgan fingerprint density at radius 3 is 1.98 bits per heavy atom. The molecule has 4 amide bonds. The van der Waals surface area contributed by atoms with Gasteiger partial charge in [-0.05, 0) is 40.5 Å². The van der Waals surface area contributed by atoms with Crippen molar-refractivity contribution in [1.29, 1.82) is 5.41 Å². The molecule has 0 saturated carbocycles. The standard InChI is InChI=1S/C23H40N8O9S2/c1-11(32)23(26,10-41)19(40)31-22(4,6-5-7-27-20(24)25)18(39)28-9-13(33)29-12(8-14(34)35)16(36)30-15(17(37)38)21(2,3)42/h12,15,41-42H,5-10,26H2,1-4H3,(H,28,39)(H,29,33)(H,30,36)(H,31,40)(H,34,35)(H,37,38)(H4,24,25,27)/t12-,15+,22-,23+/m0/s1. The predicted molar refractivity (Wildman–Crippen MR) is 157 cm³/mol. The molecule has 42 heavy (non-hydrogen) atoms. The monoisotopic (exact) mass is 636 g/mol. The smallest absolute Gasteiger partial charge is 0.327 e. The minimum Gasteiger partial charge on any atom is -0.481 e. The van der Waals surface area contributed by atoms with E-state index in [1.807, 2.05) is 0 Å². The number of carboxylic acid groups (broad SMARTS) is 2. The maximum atomic E-state index is 13.2. The molecule has 0 aliphatic heterocycles. The number of nitrogens with two attached hydrogens (primary N) is 2. The van der Waals surface area contributed by atoms with E-state index < -0.39 is 82.2 Å². The number of carbonyl (C=O) groups is 7. The van der Waals surface area contributed by atoms with Gasteiger partial charge in [-0.2, -0.15) is 25.3 Å². The summed E-state index contributed by atoms with van der Waals surface area (Å²) in [5.74, 6) is -8.39. The molecule has 0 saturated heterocycles. The fraction of sp³-hybridized carbons (Fsp3) is 0.652. The Balaban J connectivity index is 5.75. The number of hydrogen-bond acceptors (Lipinski definition) is 11. The molecule has 0 unspecified atom stereocenters. The molecule has 0 aliphatic rings. The number of carbonyl (C=O) groups excluding carboxylic acids is 5. The van der Waals surface area contributed by atoms with Crippen LogP contribution in [0.15, 0.2) is 0 Å². The zero-order valence-electron chi connectivity index (χ0n) is 23.7. The van der Waals surface area contributed by atoms with Crippen LogP contribution in [0.5, 0.6) is 0 Å². The van der Waals surface area contributed by atoms with Crippen LogP contribution in [0.1, 0.15) is 47.0 Å². The Bertz CT molecular complexity index is 1080. The number of nitrogens with one attached hydrogen (secondary N) is 6. The van der Waals surface area contributed by atoms with Gasteiger partial charge in [0.15, 0.2) is 17.3 Å². The van der Waals surface area contributed by atoms with Crippen molar-refractivity contribution in [1.82, 2.24) is 26.6 Å². The molecule has 0 spiro atoms. The summed E-state index contributed by atoms with van der Waals surface area (Å²) in [6.07, 6.45) is -0.802. The van der Waals surface area contributed by atoms with Crippen molar-refractivity contribution in [3.05, 3.63) is 0 Å². The first-order chi connectivity index (χ1) is 19.1. The van der Waals surface area contributed by atoms with E-state index in [1.54, 1.807) is 0 Å². The van der Waals surface area contributed by atoms with E-state index in [0.717, 1.165) is 6.92 Å². The molecule has 0 rings (SSSR count). The van der Waals surface area contributed by atoms with Crippen LogP contribution in [-0.2, 0) is 33.6 Å². The maximum Gasteiger partial charge on any atom is 0.327 e. The van der Waals surface area contributed by atoms with Gasteiger partial charge in [-0.1, -0.05) is 0 Å². The van der Waals surface area contributed by atoms with Gasteiger partial charge in [0.1, 0.15) is 17.6 Å². The lowest BCUT2D eigenvalue weighted by molar-refractivity contribution is -0.144. The molecular formula is C23H40N8O9S2. The molecule has 19 heteroatoms. The number of hydrogen-bond donors (Lipinski definition) is 12. The van der Waals surface area contributed by atoms with Crippen LogP contribution in [0.2, 0.25) is 0 Å². The van der Waals surface area contributed by atoms with E-state index in [4.69, 9.17) is 16.9 Å². The Labute approximate surface area is 253 Å². The first kappa shape index (κ1) is 38.4. The van der Waals surface area contributed by atoms with Crippen molar-refractivity contribution in [3.8, 4) is 0 Å². The topological polar surface area (TPSA) is 296 Å². The maximum absolute atomic E-state index is 13.2. The van der Waals surface area contributed by atoms with Crippen LogP contribution >= 0.6 is 25.3 Å². The molecule has 0 aromatic heterocycles. The molecule has 0 aromatic carbocycles. The van der Waals surface area contributed by atoms with Gasteiger partial charge in [-0.15, -0.1) is 0 Å². The summed E-state index contributed by atoms with van der Waals surface area (Å²) in [4.78, 5) is 86.1. The van der Waals surface area contributed by atoms with Gasteiger partial charge in [0.25, 0.3) is 0 Å². The van der Waals surface area contributed by atoms with Gasteiger partial charge in [-0.3, -0.25) is 34.2 Å². The minimum atomic E-state index is -2.06. The molecule has 0 aromatic rings. The van der Waals surface area contributed by atoms with Crippen LogP contribution in [0, 0.1) is 5.41 Å². The van der Waals surface area contributed by atoms with Crippen molar-refractivity contribution in [2.75, 3.05) is 18.8 Å². The highest BCUT2D eigenvalue weighted by Crippen LogP contribution is 2.18. The van der Waals surface area contributed by atoms with Crippen LogP contribution in [0.25, 0.3) is 0 Å². The number of Topliss-reactive ketones (excluding diaryl/α,β-unsaturated/α-hetero) is 1. The quantitative estimate of drug-likeness (QED) is 0.0231. The molecule has 0 radical (unpaired) electrons. The molecule has 0 fully saturated rings. The van der Waals surface area contributed by atoms with Crippen molar-refractivity contribution in [2.45, 2.75) is 74.9 Å². The van der Waals surface area contributed by atoms with Crippen LogP contribution < -0.4 is 38.1 Å². The second-order valence-electron chi connectivity index (χ2n) is 10.3. The molecule has 12 N–H and O–H groups in total. The van der Waals surface area contributed by atoms with E-state index in [0.29, 0.717) is 0 Å². The van der Waals surface area contributed by atoms with Crippen molar-refractivity contribution < 1.29 is 43.8 Å². The van der Waals surface area contributed by atoms with Crippen molar-refractivity contribution in [2.24, 2.45) is 11.5 Å². The highest BCUT2D eigenvalue weighted by atomic mass is 32.1. The number of aliphatic carboxylic acids is 2. The van der Waals surface area contributed by atoms with Gasteiger partial charge >= 0.3 is 11.9 Å². The normalized spacial score (nSPS) is 15.4. The molecule has 0 bridgehead atoms. The third-order valence-corrected chi connectivity index (χ3v) is 6.78. The van der Waals surface area contributed by atoms with Crippen LogP contribution in [0.4, 0.5) is 0 Å². The molecule has 238 valence electrons. The van der Waals surface area contributed by atoms with E-state index in [9.17, 15) is 43.8 Å². The molecule has 0 aliphatic carbocycles. The fourth-order valence-corrected chi connectivity index (χ4v) is 3.91. The number of carboxylic acids is 2. The van der Waals surface area contributed by atoms with E-state index in [1.165, 1.54) is 20.8 Å². The number of guanidine groups is 1. The molecule has 17 nitrogen and oxygen atoms in total. The van der Waals surface area contributed by atoms with Crippen LogP contribution in [-0.4, -0.2) is 104 Å². The zero-order valence-corrected chi connectivity index (χ0v) is 25.5. The Hall–Kier alpha value is -3.58. The van der Waals surface area contributed by atoms with Gasteiger partial charge in [0.05, 0.1) is 13.0 Å². The minimum absolute atomic E-state index is 0.0762. The summed E-state index contributed by atoms with van der Waals surface area (Å²) in [7, 11) is 0. The molecular weight excluding hydrogens is 596 g/mol. The molecule has 0 heterocycles. The third-order valence-electron chi connectivity index (χ3n) is 6.02. The lowest BCUT2D eigenvalue weighted by Gasteiger charge is -2.34. The van der Waals surface area contributed by atoms with Crippen molar-refractivity contribution >= 4 is 72.6 Å². The highest BCUT2D eigenvalue weighted by Gasteiger charge is 2.44. The lowest BCUT2D eigenvalue weighted by Crippen LogP contribution is -2.67. The Kier molecular flexibility index (Phi) is 14.8. The van der Waals surface area contributed by atoms with Gasteiger partial charge in [0.2, 0.25) is 23.6 Å². The van der Waals surface area contributed by atoms with Crippen LogP contribution in [0.3, 0.4) is 0 Å². The largest absolute Gasteiger partial charge is 0.481 e. The fourth-order valence-electron chi connectivity index (χ4n) is 3.37. The summed E-state index contributed by atoms with van der Waals surface area (Å²) in [6.45, 7) is 4.54. The lowest BCUT2D eigenvalue weighted by atomic mass is 9.90.